The molecule has 2 aliphatic heterocycles. The number of benzene rings is 2. The van der Waals surface area contributed by atoms with Crippen molar-refractivity contribution in [2.45, 2.75) is 37.8 Å². The molecule has 3 aromatic heterocycles. The van der Waals surface area contributed by atoms with Crippen molar-refractivity contribution in [1.29, 1.82) is 0 Å². The number of rotatable bonds is 7. The Labute approximate surface area is 266 Å². The van der Waals surface area contributed by atoms with Crippen molar-refractivity contribution in [3.8, 4) is 22.4 Å². The number of anilines is 2. The SMILES string of the molecule is C=CC(=O)N1CCCC(n2nc(-c3ccc(C(=O)Nc4ccccc4)cc3)c3c(N)ncc(-c4cnn(C5CCOCC5)c4)c32)C1. The number of hydrogen-bond acceptors (Lipinski definition) is 7. The van der Waals surface area contributed by atoms with Gasteiger partial charge < -0.3 is 20.7 Å². The molecule has 2 aromatic carbocycles. The lowest BCUT2D eigenvalue weighted by Crippen LogP contribution is -2.40. The Kier molecular flexibility index (Phi) is 8.06. The van der Waals surface area contributed by atoms with Crippen LogP contribution in [0.2, 0.25) is 0 Å². The van der Waals surface area contributed by atoms with E-state index in [2.05, 4.69) is 23.1 Å². The first-order valence-electron chi connectivity index (χ1n) is 15.7. The number of nitrogens with one attached hydrogen (secondary N) is 1. The highest BCUT2D eigenvalue weighted by atomic mass is 16.5. The molecule has 0 spiro atoms. The average Bonchev–Trinajstić information content (AvgIpc) is 3.76. The molecule has 0 saturated carbocycles. The summed E-state index contributed by atoms with van der Waals surface area (Å²) in [5, 5.41) is 13.6. The minimum atomic E-state index is -0.202. The Balaban J connectivity index is 1.31. The summed E-state index contributed by atoms with van der Waals surface area (Å²) in [6.45, 7) is 6.31. The van der Waals surface area contributed by atoms with E-state index in [1.165, 1.54) is 6.08 Å². The number of hydrogen-bond donors (Lipinski definition) is 2. The Morgan fingerprint density at radius 1 is 0.978 bits per heavy atom. The van der Waals surface area contributed by atoms with Crippen LogP contribution in [0.5, 0.6) is 0 Å². The second-order valence-electron chi connectivity index (χ2n) is 11.8. The number of nitrogens with zero attached hydrogens (tertiary/aromatic N) is 6. The number of nitrogen functional groups attached to an aromatic ring is 1. The molecule has 5 heterocycles. The van der Waals surface area contributed by atoms with Crippen LogP contribution in [0.3, 0.4) is 0 Å². The van der Waals surface area contributed by atoms with Crippen molar-refractivity contribution in [2.24, 2.45) is 0 Å². The monoisotopic (exact) mass is 616 g/mol. The fourth-order valence-corrected chi connectivity index (χ4v) is 6.49. The number of amides is 2. The van der Waals surface area contributed by atoms with Crippen molar-refractivity contribution in [3.05, 3.63) is 91.4 Å². The number of pyridine rings is 1. The molecule has 1 unspecified atom stereocenters. The molecular formula is C35H36N8O3. The van der Waals surface area contributed by atoms with Gasteiger partial charge in [-0.2, -0.15) is 10.2 Å². The minimum absolute atomic E-state index is 0.0871. The van der Waals surface area contributed by atoms with Crippen LogP contribution in [0.1, 0.15) is 48.1 Å². The molecule has 7 rings (SSSR count). The van der Waals surface area contributed by atoms with Gasteiger partial charge in [0, 0.05) is 66.6 Å². The molecule has 0 radical (unpaired) electrons. The van der Waals surface area contributed by atoms with E-state index in [9.17, 15) is 9.59 Å². The van der Waals surface area contributed by atoms with Gasteiger partial charge in [0.05, 0.1) is 29.2 Å². The van der Waals surface area contributed by atoms with E-state index < -0.39 is 0 Å². The molecule has 11 heteroatoms. The number of aromatic nitrogens is 5. The van der Waals surface area contributed by atoms with Crippen molar-refractivity contribution in [1.82, 2.24) is 29.4 Å². The highest BCUT2D eigenvalue weighted by Gasteiger charge is 2.29. The van der Waals surface area contributed by atoms with Gasteiger partial charge in [0.2, 0.25) is 5.91 Å². The summed E-state index contributed by atoms with van der Waals surface area (Å²) in [6.07, 6.45) is 10.6. The standard InChI is InChI=1S/C35H36N8O3/c1-2-30(44)41-16-6-9-28(22-41)43-33-29(25-19-38-42(21-25)27-14-17-46-18-15-27)20-37-34(36)31(33)32(40-43)23-10-12-24(13-11-23)35(45)39-26-7-4-3-5-8-26/h2-5,7-8,10-13,19-21,27-28H,1,6,9,14-18,22H2,(H2,36,37)(H,39,45). The summed E-state index contributed by atoms with van der Waals surface area (Å²) >= 11 is 0. The van der Waals surface area contributed by atoms with Gasteiger partial charge in [-0.3, -0.25) is 19.0 Å². The third-order valence-electron chi connectivity index (χ3n) is 8.91. The Hall–Kier alpha value is -5.29. The molecule has 46 heavy (non-hydrogen) atoms. The van der Waals surface area contributed by atoms with Crippen molar-refractivity contribution in [3.63, 3.8) is 0 Å². The summed E-state index contributed by atoms with van der Waals surface area (Å²) in [6, 6.07) is 16.9. The van der Waals surface area contributed by atoms with Crippen LogP contribution in [0.15, 0.2) is 85.8 Å². The summed E-state index contributed by atoms with van der Waals surface area (Å²) in [4.78, 5) is 32.0. The smallest absolute Gasteiger partial charge is 0.255 e. The first-order chi connectivity index (χ1) is 22.5. The van der Waals surface area contributed by atoms with Gasteiger partial charge in [0.15, 0.2) is 0 Å². The zero-order valence-electron chi connectivity index (χ0n) is 25.5. The average molecular weight is 617 g/mol. The first kappa shape index (κ1) is 29.4. The molecular weight excluding hydrogens is 580 g/mol. The quantitative estimate of drug-likeness (QED) is 0.231. The molecule has 1 atom stereocenters. The number of likely N-dealkylation sites (tertiary alicyclic amines) is 1. The Bertz CT molecular complexity index is 1890. The molecule has 11 nitrogen and oxygen atoms in total. The van der Waals surface area contributed by atoms with Gasteiger partial charge in [0.1, 0.15) is 11.5 Å². The van der Waals surface area contributed by atoms with E-state index in [0.717, 1.165) is 72.2 Å². The summed E-state index contributed by atoms with van der Waals surface area (Å²) in [5.74, 6) is 0.0646. The van der Waals surface area contributed by atoms with E-state index in [-0.39, 0.29) is 23.9 Å². The van der Waals surface area contributed by atoms with Crippen LogP contribution in [-0.2, 0) is 9.53 Å². The molecule has 0 bridgehead atoms. The van der Waals surface area contributed by atoms with E-state index >= 15 is 0 Å². The number of carbonyl (C=O) groups excluding carboxylic acids is 2. The highest BCUT2D eigenvalue weighted by molar-refractivity contribution is 6.08. The third kappa shape index (κ3) is 5.65. The highest BCUT2D eigenvalue weighted by Crippen LogP contribution is 2.40. The van der Waals surface area contributed by atoms with E-state index in [0.29, 0.717) is 30.2 Å². The first-order valence-corrected chi connectivity index (χ1v) is 15.7. The van der Waals surface area contributed by atoms with Gasteiger partial charge in [-0.1, -0.05) is 36.9 Å². The third-order valence-corrected chi connectivity index (χ3v) is 8.91. The molecule has 5 aromatic rings. The predicted molar refractivity (Wildman–Crippen MR) is 177 cm³/mol. The molecule has 2 fully saturated rings. The second-order valence-corrected chi connectivity index (χ2v) is 11.8. The topological polar surface area (TPSA) is 133 Å². The van der Waals surface area contributed by atoms with Crippen molar-refractivity contribution >= 4 is 34.2 Å². The maximum Gasteiger partial charge on any atom is 0.255 e. The fraction of sp³-hybridized carbons (Fsp3) is 0.286. The van der Waals surface area contributed by atoms with Gasteiger partial charge in [-0.05, 0) is 56.0 Å². The van der Waals surface area contributed by atoms with Crippen molar-refractivity contribution < 1.29 is 14.3 Å². The molecule has 234 valence electrons. The van der Waals surface area contributed by atoms with E-state index in [4.69, 9.17) is 20.7 Å². The predicted octanol–water partition coefficient (Wildman–Crippen LogP) is 5.50. The molecule has 2 saturated heterocycles. The number of carbonyl (C=O) groups is 2. The van der Waals surface area contributed by atoms with E-state index in [1.54, 1.807) is 18.3 Å². The fourth-order valence-electron chi connectivity index (χ4n) is 6.49. The number of piperidine rings is 1. The number of para-hydroxylation sites is 1. The van der Waals surface area contributed by atoms with Crippen LogP contribution in [-0.4, -0.2) is 67.6 Å². The summed E-state index contributed by atoms with van der Waals surface area (Å²) in [5.41, 5.74) is 12.0. The maximum atomic E-state index is 13.0. The van der Waals surface area contributed by atoms with Crippen LogP contribution < -0.4 is 11.1 Å². The van der Waals surface area contributed by atoms with Crippen LogP contribution in [0.25, 0.3) is 33.3 Å². The van der Waals surface area contributed by atoms with Crippen molar-refractivity contribution in [2.75, 3.05) is 37.4 Å². The van der Waals surface area contributed by atoms with Gasteiger partial charge >= 0.3 is 0 Å². The summed E-state index contributed by atoms with van der Waals surface area (Å²) in [7, 11) is 0. The van der Waals surface area contributed by atoms with Crippen LogP contribution in [0.4, 0.5) is 11.5 Å². The zero-order valence-corrected chi connectivity index (χ0v) is 25.5. The molecule has 3 N–H and O–H groups in total. The van der Waals surface area contributed by atoms with E-state index in [1.807, 2.05) is 62.9 Å². The molecule has 2 amide bonds. The Morgan fingerprint density at radius 2 is 1.76 bits per heavy atom. The van der Waals surface area contributed by atoms with Crippen LogP contribution in [0, 0.1) is 0 Å². The maximum absolute atomic E-state index is 13.0. The number of fused-ring (bicyclic) bond motifs is 1. The van der Waals surface area contributed by atoms with Gasteiger partial charge in [-0.15, -0.1) is 0 Å². The lowest BCUT2D eigenvalue weighted by Gasteiger charge is -2.32. The lowest BCUT2D eigenvalue weighted by molar-refractivity contribution is -0.127. The zero-order chi connectivity index (χ0) is 31.6. The van der Waals surface area contributed by atoms with Gasteiger partial charge in [0.25, 0.3) is 5.91 Å². The van der Waals surface area contributed by atoms with Gasteiger partial charge in [-0.25, -0.2) is 4.98 Å². The largest absolute Gasteiger partial charge is 0.383 e. The summed E-state index contributed by atoms with van der Waals surface area (Å²) < 4.78 is 9.59. The number of nitrogens with two attached hydrogens (primary N) is 1. The molecule has 2 aliphatic rings. The number of ether oxygens (including phenoxy) is 1. The van der Waals surface area contributed by atoms with Crippen LogP contribution >= 0.6 is 0 Å². The minimum Gasteiger partial charge on any atom is -0.383 e. The molecule has 0 aliphatic carbocycles. The Morgan fingerprint density at radius 3 is 2.52 bits per heavy atom. The normalized spacial score (nSPS) is 17.2. The lowest BCUT2D eigenvalue weighted by atomic mass is 10.0. The second kappa shape index (κ2) is 12.6.